The largest absolute Gasteiger partial charge is 0.497 e. The lowest BCUT2D eigenvalue weighted by molar-refractivity contribution is -0.125. The molecule has 1 fully saturated rings. The molecular formula is C23H25N5O4. The number of primary amides is 1. The van der Waals surface area contributed by atoms with Gasteiger partial charge in [0.15, 0.2) is 5.69 Å². The van der Waals surface area contributed by atoms with Crippen LogP contribution < -0.4 is 20.5 Å². The van der Waals surface area contributed by atoms with Crippen molar-refractivity contribution in [1.82, 2.24) is 14.7 Å². The number of likely N-dealkylation sites (tertiary alicyclic amines) is 1. The summed E-state index contributed by atoms with van der Waals surface area (Å²) in [7, 11) is 3.12. The van der Waals surface area contributed by atoms with Crippen LogP contribution >= 0.6 is 0 Å². The second kappa shape index (κ2) is 8.30. The number of amides is 2. The van der Waals surface area contributed by atoms with E-state index in [0.29, 0.717) is 36.0 Å². The Morgan fingerprint density at radius 1 is 1.22 bits per heavy atom. The number of nitrogens with zero attached hydrogens (tertiary/aromatic N) is 3. The number of rotatable bonds is 4. The predicted molar refractivity (Wildman–Crippen MR) is 119 cm³/mol. The summed E-state index contributed by atoms with van der Waals surface area (Å²) in [6.45, 7) is 6.66. The number of hydrogen-bond acceptors (Lipinski definition) is 6. The van der Waals surface area contributed by atoms with Gasteiger partial charge >= 0.3 is 0 Å². The molecule has 3 heterocycles. The third kappa shape index (κ3) is 3.64. The third-order valence-electron chi connectivity index (χ3n) is 5.97. The maximum absolute atomic E-state index is 12.3. The highest BCUT2D eigenvalue weighted by molar-refractivity contribution is 6.00. The summed E-state index contributed by atoms with van der Waals surface area (Å²) in [5.41, 5.74) is 6.87. The molecule has 9 heteroatoms. The first-order chi connectivity index (χ1) is 15.4. The molecule has 1 saturated heterocycles. The predicted octanol–water partition coefficient (Wildman–Crippen LogP) is 1.40. The van der Waals surface area contributed by atoms with Crippen LogP contribution in [0.3, 0.4) is 0 Å². The highest BCUT2D eigenvalue weighted by Crippen LogP contribution is 2.39. The number of fused-ring (bicyclic) bond motifs is 3. The van der Waals surface area contributed by atoms with Crippen molar-refractivity contribution in [1.29, 1.82) is 0 Å². The number of carbonyl (C=O) groups excluding carboxylic acids is 2. The molecule has 9 nitrogen and oxygen atoms in total. The molecule has 1 aromatic heterocycles. The van der Waals surface area contributed by atoms with Gasteiger partial charge in [0.2, 0.25) is 5.91 Å². The van der Waals surface area contributed by atoms with Crippen molar-refractivity contribution in [2.24, 2.45) is 11.7 Å². The number of hydrogen-bond donors (Lipinski definition) is 2. The normalized spacial score (nSPS) is 20.8. The second-order valence-corrected chi connectivity index (χ2v) is 7.84. The topological polar surface area (TPSA) is 112 Å². The van der Waals surface area contributed by atoms with Crippen molar-refractivity contribution in [2.45, 2.75) is 19.0 Å². The van der Waals surface area contributed by atoms with Crippen LogP contribution in [-0.2, 0) is 4.79 Å². The number of methoxy groups -OCH3 is 2. The standard InChI is InChI=1S/C23H25N5O4/c1-5-20(29)27-11-17-13(2)25-23-21(22(24)30)18(26-28(23)19(17)12-27)7-6-14-8-15(31-3)10-16(9-14)32-4/h5,8-10,13,17,19,25H,1,11-12H2,2-4H3,(H2,24,30)/t13?,17?,19-/m1/s1. The van der Waals surface area contributed by atoms with Crippen molar-refractivity contribution in [3.05, 3.63) is 47.7 Å². The first-order valence-corrected chi connectivity index (χ1v) is 10.2. The van der Waals surface area contributed by atoms with Gasteiger partial charge in [0.05, 0.1) is 20.3 Å². The molecule has 2 aliphatic heterocycles. The van der Waals surface area contributed by atoms with Crippen molar-refractivity contribution in [3.63, 3.8) is 0 Å². The number of nitrogens with two attached hydrogens (primary N) is 1. The van der Waals surface area contributed by atoms with Gasteiger partial charge in [0.1, 0.15) is 22.9 Å². The molecule has 2 aliphatic rings. The minimum atomic E-state index is -0.617. The van der Waals surface area contributed by atoms with Crippen LogP contribution in [-0.4, -0.2) is 59.8 Å². The molecule has 32 heavy (non-hydrogen) atoms. The minimum absolute atomic E-state index is 0.0216. The smallest absolute Gasteiger partial charge is 0.255 e. The van der Waals surface area contributed by atoms with Crippen LogP contribution in [0.15, 0.2) is 30.9 Å². The molecule has 0 saturated carbocycles. The summed E-state index contributed by atoms with van der Waals surface area (Å²) in [5, 5.41) is 7.96. The zero-order valence-electron chi connectivity index (χ0n) is 18.2. The van der Waals surface area contributed by atoms with Crippen LogP contribution in [0, 0.1) is 17.8 Å². The van der Waals surface area contributed by atoms with E-state index in [9.17, 15) is 9.59 Å². The lowest BCUT2D eigenvalue weighted by Crippen LogP contribution is -2.39. The SMILES string of the molecule is C=CC(=O)N1CC2C(C)Nc3c(C(N)=O)c(C#Cc4cc(OC)cc(OC)c4)nn3[C@@H]2C1. The maximum atomic E-state index is 12.3. The van der Waals surface area contributed by atoms with Crippen LogP contribution in [0.4, 0.5) is 5.82 Å². The van der Waals surface area contributed by atoms with Gasteiger partial charge in [0.25, 0.3) is 5.91 Å². The Hall–Kier alpha value is -3.93. The molecule has 3 N–H and O–H groups in total. The van der Waals surface area contributed by atoms with Crippen LogP contribution in [0.25, 0.3) is 0 Å². The summed E-state index contributed by atoms with van der Waals surface area (Å²) in [6, 6.07) is 5.21. The van der Waals surface area contributed by atoms with E-state index in [1.807, 2.05) is 6.92 Å². The van der Waals surface area contributed by atoms with E-state index in [-0.39, 0.29) is 35.2 Å². The molecule has 2 unspecified atom stereocenters. The number of nitrogens with one attached hydrogen (secondary N) is 1. The van der Waals surface area contributed by atoms with Crippen molar-refractivity contribution in [2.75, 3.05) is 32.6 Å². The van der Waals surface area contributed by atoms with Gasteiger partial charge in [-0.2, -0.15) is 5.10 Å². The van der Waals surface area contributed by atoms with Crippen LogP contribution in [0.2, 0.25) is 0 Å². The van der Waals surface area contributed by atoms with Gasteiger partial charge in [-0.1, -0.05) is 12.5 Å². The Bertz CT molecular complexity index is 1140. The highest BCUT2D eigenvalue weighted by Gasteiger charge is 2.44. The van der Waals surface area contributed by atoms with Gasteiger partial charge in [-0.15, -0.1) is 0 Å². The number of carbonyl (C=O) groups is 2. The zero-order chi connectivity index (χ0) is 23.0. The van der Waals surface area contributed by atoms with E-state index in [4.69, 9.17) is 15.2 Å². The number of anilines is 1. The quantitative estimate of drug-likeness (QED) is 0.555. The second-order valence-electron chi connectivity index (χ2n) is 7.84. The molecule has 166 valence electrons. The fraction of sp³-hybridized carbons (Fsp3) is 0.348. The summed E-state index contributed by atoms with van der Waals surface area (Å²) < 4.78 is 12.3. The monoisotopic (exact) mass is 435 g/mol. The fourth-order valence-corrected chi connectivity index (χ4v) is 4.34. The van der Waals surface area contributed by atoms with Crippen molar-refractivity contribution < 1.29 is 19.1 Å². The zero-order valence-corrected chi connectivity index (χ0v) is 18.2. The van der Waals surface area contributed by atoms with E-state index in [1.54, 1.807) is 42.0 Å². The Kier molecular flexibility index (Phi) is 5.53. The Balaban J connectivity index is 1.75. The Morgan fingerprint density at radius 2 is 1.91 bits per heavy atom. The Morgan fingerprint density at radius 3 is 2.50 bits per heavy atom. The Labute approximate surface area is 186 Å². The van der Waals surface area contributed by atoms with Gasteiger partial charge < -0.3 is 25.4 Å². The van der Waals surface area contributed by atoms with Gasteiger partial charge in [-0.25, -0.2) is 4.68 Å². The minimum Gasteiger partial charge on any atom is -0.497 e. The van der Waals surface area contributed by atoms with Crippen molar-refractivity contribution >= 4 is 17.6 Å². The molecule has 2 amide bonds. The van der Waals surface area contributed by atoms with Gasteiger partial charge in [-0.05, 0) is 31.1 Å². The van der Waals surface area contributed by atoms with E-state index < -0.39 is 5.91 Å². The van der Waals surface area contributed by atoms with Crippen LogP contribution in [0.5, 0.6) is 11.5 Å². The number of aromatic nitrogens is 2. The molecule has 2 aromatic rings. The molecule has 3 atom stereocenters. The fourth-order valence-electron chi connectivity index (χ4n) is 4.34. The van der Waals surface area contributed by atoms with E-state index in [1.165, 1.54) is 6.08 Å². The lowest BCUT2D eigenvalue weighted by Gasteiger charge is -2.33. The summed E-state index contributed by atoms with van der Waals surface area (Å²) in [4.78, 5) is 26.2. The average Bonchev–Trinajstić information content (AvgIpc) is 3.39. The third-order valence-corrected chi connectivity index (χ3v) is 5.97. The molecule has 0 spiro atoms. The van der Waals surface area contributed by atoms with Crippen molar-refractivity contribution in [3.8, 4) is 23.3 Å². The molecule has 1 aromatic carbocycles. The lowest BCUT2D eigenvalue weighted by atomic mass is 9.93. The van der Waals surface area contributed by atoms with E-state index in [2.05, 4.69) is 28.8 Å². The van der Waals surface area contributed by atoms with E-state index >= 15 is 0 Å². The molecule has 0 radical (unpaired) electrons. The number of benzene rings is 1. The number of ether oxygens (including phenoxy) is 2. The first-order valence-electron chi connectivity index (χ1n) is 10.2. The average molecular weight is 435 g/mol. The van der Waals surface area contributed by atoms with Gasteiger partial charge in [0, 0.05) is 36.7 Å². The van der Waals surface area contributed by atoms with Crippen LogP contribution in [0.1, 0.15) is 34.6 Å². The molecule has 0 aliphatic carbocycles. The molecule has 4 rings (SSSR count). The maximum Gasteiger partial charge on any atom is 0.255 e. The summed E-state index contributed by atoms with van der Waals surface area (Å²) in [5.74, 6) is 7.13. The van der Waals surface area contributed by atoms with Gasteiger partial charge in [-0.3, -0.25) is 9.59 Å². The summed E-state index contributed by atoms with van der Waals surface area (Å²) in [6.07, 6.45) is 1.31. The molecular weight excluding hydrogens is 410 g/mol. The van der Waals surface area contributed by atoms with E-state index in [0.717, 1.165) is 0 Å². The molecule has 0 bridgehead atoms. The highest BCUT2D eigenvalue weighted by atomic mass is 16.5. The summed E-state index contributed by atoms with van der Waals surface area (Å²) >= 11 is 0. The first kappa shape index (κ1) is 21.3.